The Hall–Kier alpha value is -1.42. The Morgan fingerprint density at radius 3 is 2.28 bits per heavy atom. The van der Waals surface area contributed by atoms with Crippen LogP contribution < -0.4 is 35.3 Å². The maximum Gasteiger partial charge on any atom is 3.00 e. The molecule has 0 spiro atoms. The fourth-order valence-corrected chi connectivity index (χ4v) is 5.60. The molecule has 6 heteroatoms. The van der Waals surface area contributed by atoms with E-state index in [2.05, 4.69) is 106 Å². The fraction of sp³-hybridized carbons (Fsp3) is 0.267. The Morgan fingerprint density at radius 1 is 0.861 bits per heavy atom. The molecule has 2 nitrogen and oxygen atoms in total. The molecule has 1 radical (unpaired) electrons. The molecule has 1 unspecified atom stereocenters. The average molecular weight is 614 g/mol. The largest absolute Gasteiger partial charge is 3.00 e. The van der Waals surface area contributed by atoms with E-state index >= 15 is 0 Å². The Balaban J connectivity index is 0.00000152. The first-order valence-corrected chi connectivity index (χ1v) is 15.2. The maximum atomic E-state index is 6.44. The number of hydrogen-bond donors (Lipinski definition) is 0. The molecule has 0 fully saturated rings. The summed E-state index contributed by atoms with van der Waals surface area (Å²) in [6.07, 6.45) is 5.96. The van der Waals surface area contributed by atoms with E-state index in [9.17, 15) is 0 Å². The Labute approximate surface area is 246 Å². The van der Waals surface area contributed by atoms with Crippen LogP contribution in [-0.4, -0.2) is 21.5 Å². The van der Waals surface area contributed by atoms with Gasteiger partial charge in [0.15, 0.2) is 8.32 Å². The van der Waals surface area contributed by atoms with Crippen LogP contribution in [0.2, 0.25) is 19.6 Å². The molecule has 2 aliphatic carbocycles. The molecule has 0 amide bonds. The number of ether oxygens (including phenoxy) is 1. The minimum absolute atomic E-state index is 0. The maximum absolute atomic E-state index is 6.44. The van der Waals surface area contributed by atoms with Crippen molar-refractivity contribution in [2.75, 3.05) is 13.2 Å². The summed E-state index contributed by atoms with van der Waals surface area (Å²) in [5.41, 5.74) is 6.33. The summed E-state index contributed by atoms with van der Waals surface area (Å²) in [6.45, 7) is 12.2. The molecule has 0 N–H and O–H groups in total. The third-order valence-electron chi connectivity index (χ3n) is 6.33. The molecule has 5 rings (SSSR count). The van der Waals surface area contributed by atoms with Crippen molar-refractivity contribution in [2.24, 2.45) is 0 Å². The van der Waals surface area contributed by atoms with Gasteiger partial charge in [-0.05, 0) is 50.7 Å². The molecule has 0 bridgehead atoms. The van der Waals surface area contributed by atoms with Crippen LogP contribution in [0.25, 0.3) is 17.7 Å². The van der Waals surface area contributed by atoms with Crippen molar-refractivity contribution in [3.8, 4) is 0 Å². The van der Waals surface area contributed by atoms with E-state index in [-0.39, 0.29) is 56.9 Å². The van der Waals surface area contributed by atoms with E-state index in [1.165, 1.54) is 48.7 Å². The summed E-state index contributed by atoms with van der Waals surface area (Å²) in [6, 6.07) is 21.7. The number of halogens is 2. The summed E-state index contributed by atoms with van der Waals surface area (Å²) >= 11 is 0. The minimum atomic E-state index is -1.57. The number of hydrogen-bond acceptors (Lipinski definition) is 2. The molecule has 0 aliphatic heterocycles. The first-order valence-electron chi connectivity index (χ1n) is 11.7. The van der Waals surface area contributed by atoms with E-state index in [4.69, 9.17) is 9.16 Å². The Morgan fingerprint density at radius 2 is 1.56 bits per heavy atom. The van der Waals surface area contributed by atoms with Gasteiger partial charge in [-0.1, -0.05) is 71.0 Å². The van der Waals surface area contributed by atoms with Gasteiger partial charge in [0.2, 0.25) is 0 Å². The van der Waals surface area contributed by atoms with E-state index in [0.717, 1.165) is 5.76 Å². The molecule has 0 saturated carbocycles. The number of allylic oxidation sites excluding steroid dienone is 1. The quantitative estimate of drug-likeness (QED) is 0.167. The molecule has 185 valence electrons. The van der Waals surface area contributed by atoms with E-state index in [0.29, 0.717) is 13.2 Å². The van der Waals surface area contributed by atoms with Gasteiger partial charge in [0.1, 0.15) is 12.4 Å². The van der Waals surface area contributed by atoms with Gasteiger partial charge in [0, 0.05) is 5.92 Å². The number of benzene rings is 3. The summed E-state index contributed by atoms with van der Waals surface area (Å²) in [4.78, 5) is 0. The molecule has 3 aromatic carbocycles. The number of rotatable bonds is 6. The SMILES string of the molecule is CC(C)=c1ccc2c(c1C1C(OCCO[Si](C)(C)C)=Cc3ccccc31)[C-]=c1ccccc1=2.[Cl-].[Cl-].[Zr+3]. The van der Waals surface area contributed by atoms with Crippen molar-refractivity contribution in [1.29, 1.82) is 0 Å². The summed E-state index contributed by atoms with van der Waals surface area (Å²) in [5, 5.41) is 4.97. The standard InChI is InChI=1S/C30H31O2Si.2ClH.Zr/c1-20(2)23-14-15-26-24-12-8-6-10-21(24)18-27(26)29(23)30-25-13-9-7-11-22(25)19-28(30)31-16-17-32-33(3,4)5;;;/h6-15,19,30H,16-17H2,1-5H3;2*1H;/q-1;;;+3/p-2. The minimum Gasteiger partial charge on any atom is -1.00 e. The van der Waals surface area contributed by atoms with Crippen molar-refractivity contribution >= 4 is 26.0 Å². The normalized spacial score (nSPS) is 14.6. The summed E-state index contributed by atoms with van der Waals surface area (Å²) in [5.74, 6) is 1.05. The van der Waals surface area contributed by atoms with Gasteiger partial charge in [-0.25, -0.2) is 0 Å². The zero-order valence-corrected chi connectivity index (χ0v) is 26.4. The third-order valence-corrected chi connectivity index (χ3v) is 7.40. The van der Waals surface area contributed by atoms with Gasteiger partial charge in [-0.2, -0.15) is 0 Å². The Bertz CT molecular complexity index is 1490. The van der Waals surface area contributed by atoms with E-state index in [1.807, 2.05) is 0 Å². The van der Waals surface area contributed by atoms with Gasteiger partial charge in [-0.15, -0.1) is 33.4 Å². The van der Waals surface area contributed by atoms with Crippen LogP contribution in [0.1, 0.15) is 42.0 Å². The van der Waals surface area contributed by atoms with E-state index in [1.54, 1.807) is 0 Å². The molecule has 0 aromatic heterocycles. The predicted octanol–water partition coefficient (Wildman–Crippen LogP) is -0.457. The van der Waals surface area contributed by atoms with E-state index < -0.39 is 8.32 Å². The van der Waals surface area contributed by atoms with Crippen LogP contribution in [0, 0.1) is 10.4 Å². The van der Waals surface area contributed by atoms with Crippen LogP contribution in [0.3, 0.4) is 0 Å². The molecule has 2 aliphatic rings. The average Bonchev–Trinajstić information content (AvgIpc) is 3.33. The second-order valence-corrected chi connectivity index (χ2v) is 14.6. The monoisotopic (exact) mass is 611 g/mol. The van der Waals surface area contributed by atoms with Crippen molar-refractivity contribution < 1.29 is 60.2 Å². The van der Waals surface area contributed by atoms with Gasteiger partial charge in [0.05, 0.1) is 6.61 Å². The zero-order chi connectivity index (χ0) is 23.2. The van der Waals surface area contributed by atoms with Gasteiger partial charge in [-0.3, -0.25) is 0 Å². The molecule has 1 atom stereocenters. The van der Waals surface area contributed by atoms with Crippen LogP contribution in [-0.2, 0) is 35.4 Å². The molecule has 36 heavy (non-hydrogen) atoms. The van der Waals surface area contributed by atoms with Gasteiger partial charge in [0.25, 0.3) is 0 Å². The van der Waals surface area contributed by atoms with Gasteiger partial charge >= 0.3 is 26.2 Å². The topological polar surface area (TPSA) is 18.5 Å². The molecule has 0 saturated heterocycles. The molecule has 0 heterocycles. The third kappa shape index (κ3) is 6.00. The smallest absolute Gasteiger partial charge is 1.00 e. The second kappa shape index (κ2) is 12.4. The molecule has 3 aromatic rings. The molecular weight excluding hydrogens is 583 g/mol. The second-order valence-electron chi connectivity index (χ2n) is 10.0. The van der Waals surface area contributed by atoms with Crippen LogP contribution in [0.5, 0.6) is 0 Å². The fourth-order valence-electron chi connectivity index (χ4n) is 4.90. The first kappa shape index (κ1) is 30.8. The predicted molar refractivity (Wildman–Crippen MR) is 139 cm³/mol. The summed E-state index contributed by atoms with van der Waals surface area (Å²) < 4.78 is 12.5. The van der Waals surface area contributed by atoms with Crippen molar-refractivity contribution in [1.82, 2.24) is 0 Å². The summed E-state index contributed by atoms with van der Waals surface area (Å²) in [7, 11) is -1.57. The van der Waals surface area contributed by atoms with Crippen molar-refractivity contribution in [2.45, 2.75) is 39.4 Å². The molecular formula is C30H31Cl2O2SiZr. The first-order chi connectivity index (χ1) is 15.8. The van der Waals surface area contributed by atoms with Crippen LogP contribution >= 0.6 is 0 Å². The van der Waals surface area contributed by atoms with Crippen molar-refractivity contribution in [3.63, 3.8) is 0 Å². The van der Waals surface area contributed by atoms with Crippen molar-refractivity contribution in [3.05, 3.63) is 110 Å². The van der Waals surface area contributed by atoms with Gasteiger partial charge < -0.3 is 34.0 Å². The zero-order valence-electron chi connectivity index (χ0n) is 21.4. The van der Waals surface area contributed by atoms with Crippen LogP contribution in [0.4, 0.5) is 0 Å². The Kier molecular flexibility index (Phi) is 10.6. The number of fused-ring (bicyclic) bond motifs is 3. The van der Waals surface area contributed by atoms with Crippen LogP contribution in [0.15, 0.2) is 66.4 Å².